The number of hydrogen-bond donors (Lipinski definition) is 1. The van der Waals surface area contributed by atoms with E-state index in [-0.39, 0.29) is 30.3 Å². The summed E-state index contributed by atoms with van der Waals surface area (Å²) < 4.78 is 40.8. The number of carboxylic acids is 1. The zero-order valence-corrected chi connectivity index (χ0v) is 11.0. The third-order valence-corrected chi connectivity index (χ3v) is 2.80. The van der Waals surface area contributed by atoms with E-state index in [1.807, 2.05) is 6.92 Å². The Labute approximate surface area is 114 Å². The molecule has 1 aliphatic heterocycles. The van der Waals surface area contributed by atoms with Crippen LogP contribution in [0.4, 0.5) is 13.2 Å². The third-order valence-electron chi connectivity index (χ3n) is 2.80. The van der Waals surface area contributed by atoms with Crippen molar-refractivity contribution in [3.63, 3.8) is 0 Å². The second kappa shape index (κ2) is 7.12. The number of carbonyl (C=O) groups is 1. The van der Waals surface area contributed by atoms with Gasteiger partial charge >= 0.3 is 12.1 Å². The van der Waals surface area contributed by atoms with Gasteiger partial charge < -0.3 is 9.84 Å². The van der Waals surface area contributed by atoms with Gasteiger partial charge in [-0.15, -0.1) is 0 Å². The summed E-state index contributed by atoms with van der Waals surface area (Å²) in [6, 6.07) is 0. The molecule has 20 heavy (non-hydrogen) atoms. The lowest BCUT2D eigenvalue weighted by molar-refractivity contribution is -0.136. The first-order valence-corrected chi connectivity index (χ1v) is 6.15. The number of nitrogens with zero attached hydrogens (tertiary/aromatic N) is 1. The number of aliphatic imine (C=N–C) groups is 1. The molecule has 0 aromatic rings. The molecule has 4 nitrogen and oxygen atoms in total. The number of allylic oxidation sites excluding steroid dienone is 2. The zero-order valence-electron chi connectivity index (χ0n) is 11.0. The van der Waals surface area contributed by atoms with Crippen molar-refractivity contribution in [2.24, 2.45) is 10.9 Å². The molecule has 0 radical (unpaired) electrons. The molecule has 0 saturated carbocycles. The summed E-state index contributed by atoms with van der Waals surface area (Å²) in [6.45, 7) is 2.11. The molecular formula is C13H16F3NO3. The summed E-state index contributed by atoms with van der Waals surface area (Å²) in [4.78, 5) is 13.7. The van der Waals surface area contributed by atoms with Gasteiger partial charge in [-0.25, -0.2) is 4.79 Å². The largest absolute Gasteiger partial charge is 0.480 e. The Morgan fingerprint density at radius 3 is 2.55 bits per heavy atom. The highest BCUT2D eigenvalue weighted by Gasteiger charge is 2.34. The van der Waals surface area contributed by atoms with Gasteiger partial charge in [-0.1, -0.05) is 13.0 Å². The van der Waals surface area contributed by atoms with Crippen LogP contribution < -0.4 is 0 Å². The van der Waals surface area contributed by atoms with Crippen LogP contribution in [0.5, 0.6) is 0 Å². The molecule has 0 amide bonds. The van der Waals surface area contributed by atoms with Crippen molar-refractivity contribution < 1.29 is 27.8 Å². The van der Waals surface area contributed by atoms with Gasteiger partial charge in [-0.3, -0.25) is 4.99 Å². The summed E-state index contributed by atoms with van der Waals surface area (Å²) in [5.74, 6) is -0.985. The zero-order chi connectivity index (χ0) is 15.2. The molecule has 0 aromatic carbocycles. The van der Waals surface area contributed by atoms with E-state index in [0.29, 0.717) is 6.42 Å². The summed E-state index contributed by atoms with van der Waals surface area (Å²) in [6.07, 6.45) is 1.56. The predicted octanol–water partition coefficient (Wildman–Crippen LogP) is 3.31. The van der Waals surface area contributed by atoms with Gasteiger partial charge in [-0.2, -0.15) is 13.2 Å². The molecule has 7 heteroatoms. The Kier molecular flexibility index (Phi) is 5.79. The molecule has 0 saturated heterocycles. The first-order chi connectivity index (χ1) is 9.30. The van der Waals surface area contributed by atoms with Gasteiger partial charge in [0.2, 0.25) is 5.76 Å². The molecule has 1 unspecified atom stereocenters. The topological polar surface area (TPSA) is 58.9 Å². The number of halogens is 3. The summed E-state index contributed by atoms with van der Waals surface area (Å²) in [7, 11) is 0. The molecule has 0 bridgehead atoms. The van der Waals surface area contributed by atoms with Gasteiger partial charge in [0.1, 0.15) is 6.61 Å². The van der Waals surface area contributed by atoms with Crippen LogP contribution in [0.1, 0.15) is 26.2 Å². The first-order valence-electron chi connectivity index (χ1n) is 6.15. The van der Waals surface area contributed by atoms with E-state index >= 15 is 0 Å². The van der Waals surface area contributed by atoms with Gasteiger partial charge in [0.05, 0.1) is 6.20 Å². The van der Waals surface area contributed by atoms with Crippen molar-refractivity contribution in [3.8, 4) is 0 Å². The van der Waals surface area contributed by atoms with Crippen LogP contribution in [0.25, 0.3) is 0 Å². The van der Waals surface area contributed by atoms with E-state index in [1.54, 1.807) is 0 Å². The second-order valence-corrected chi connectivity index (χ2v) is 4.55. The molecule has 1 aliphatic carbocycles. The van der Waals surface area contributed by atoms with Crippen LogP contribution in [0, 0.1) is 5.92 Å². The smallest absolute Gasteiger partial charge is 0.412 e. The Morgan fingerprint density at radius 1 is 1.50 bits per heavy atom. The normalized spacial score (nSPS) is 21.9. The van der Waals surface area contributed by atoms with Crippen molar-refractivity contribution in [2.75, 3.05) is 6.61 Å². The predicted molar refractivity (Wildman–Crippen MR) is 67.3 cm³/mol. The number of alkyl halides is 3. The van der Waals surface area contributed by atoms with Crippen molar-refractivity contribution in [3.05, 3.63) is 23.6 Å². The fraction of sp³-hybridized carbons (Fsp3) is 0.538. The van der Waals surface area contributed by atoms with E-state index in [0.717, 1.165) is 6.42 Å². The monoisotopic (exact) mass is 291 g/mol. The van der Waals surface area contributed by atoms with Crippen molar-refractivity contribution in [1.82, 2.24) is 0 Å². The quantitative estimate of drug-likeness (QED) is 0.754. The molecule has 2 aliphatic rings. The van der Waals surface area contributed by atoms with Gasteiger partial charge in [0.15, 0.2) is 0 Å². The standard InChI is InChI=1S/C8H11F3.C5H5NO3/c1-6-3-2-4-7(5-6)8(9,10)11;7-5(8)4-3-6-1-2-9-4/h4,6H,2-3,5H2,1H3;1,3H,2H2,(H,7,8). The molecule has 0 aromatic heterocycles. The summed E-state index contributed by atoms with van der Waals surface area (Å²) in [5, 5.41) is 8.27. The average molecular weight is 291 g/mol. The highest BCUT2D eigenvalue weighted by molar-refractivity contribution is 5.85. The van der Waals surface area contributed by atoms with Crippen molar-refractivity contribution in [1.29, 1.82) is 0 Å². The average Bonchev–Trinajstić information content (AvgIpc) is 2.39. The van der Waals surface area contributed by atoms with Crippen LogP contribution in [0.15, 0.2) is 28.6 Å². The lowest BCUT2D eigenvalue weighted by Gasteiger charge is -2.20. The fourth-order valence-corrected chi connectivity index (χ4v) is 1.78. The lowest BCUT2D eigenvalue weighted by Crippen LogP contribution is -2.17. The van der Waals surface area contributed by atoms with Crippen LogP contribution in [0.2, 0.25) is 0 Å². The minimum absolute atomic E-state index is 0.0995. The number of rotatable bonds is 1. The van der Waals surface area contributed by atoms with E-state index in [9.17, 15) is 18.0 Å². The van der Waals surface area contributed by atoms with Crippen LogP contribution in [-0.2, 0) is 9.53 Å². The Morgan fingerprint density at radius 2 is 2.20 bits per heavy atom. The molecule has 1 heterocycles. The molecule has 112 valence electrons. The van der Waals surface area contributed by atoms with Gasteiger partial charge in [0, 0.05) is 11.8 Å². The first kappa shape index (κ1) is 16.3. The van der Waals surface area contributed by atoms with E-state index < -0.39 is 12.1 Å². The Balaban J connectivity index is 0.000000204. The number of aliphatic carboxylic acids is 1. The Hall–Kier alpha value is -1.79. The minimum Gasteiger partial charge on any atom is -0.480 e. The molecular weight excluding hydrogens is 275 g/mol. The van der Waals surface area contributed by atoms with Crippen molar-refractivity contribution in [2.45, 2.75) is 32.4 Å². The van der Waals surface area contributed by atoms with Crippen molar-refractivity contribution >= 4 is 12.2 Å². The number of hydrogen-bond acceptors (Lipinski definition) is 3. The molecule has 0 spiro atoms. The minimum atomic E-state index is -4.09. The summed E-state index contributed by atoms with van der Waals surface area (Å²) >= 11 is 0. The maximum Gasteiger partial charge on any atom is 0.412 e. The van der Waals surface area contributed by atoms with Gasteiger partial charge in [-0.05, 0) is 25.2 Å². The van der Waals surface area contributed by atoms with E-state index in [2.05, 4.69) is 9.73 Å². The number of carboxylic acid groups (broad SMARTS) is 1. The highest BCUT2D eigenvalue weighted by Crippen LogP contribution is 2.35. The van der Waals surface area contributed by atoms with Gasteiger partial charge in [0.25, 0.3) is 0 Å². The van der Waals surface area contributed by atoms with Crippen LogP contribution >= 0.6 is 0 Å². The lowest BCUT2D eigenvalue weighted by atomic mass is 9.90. The SMILES string of the molecule is CC1CCC=C(C(F)(F)F)C1.O=C(O)C1=CN=CCO1. The molecule has 2 rings (SSSR count). The second-order valence-electron chi connectivity index (χ2n) is 4.55. The highest BCUT2D eigenvalue weighted by atomic mass is 19.4. The maximum atomic E-state index is 12.0. The third kappa shape index (κ3) is 5.46. The maximum absolute atomic E-state index is 12.0. The molecule has 1 N–H and O–H groups in total. The van der Waals surface area contributed by atoms with Crippen LogP contribution in [-0.4, -0.2) is 30.1 Å². The van der Waals surface area contributed by atoms with E-state index in [1.165, 1.54) is 18.5 Å². The fourth-order valence-electron chi connectivity index (χ4n) is 1.78. The number of ether oxygens (including phenoxy) is 1. The van der Waals surface area contributed by atoms with E-state index in [4.69, 9.17) is 5.11 Å². The van der Waals surface area contributed by atoms with Crippen LogP contribution in [0.3, 0.4) is 0 Å². The Bertz CT molecular complexity index is 439. The molecule has 1 atom stereocenters. The molecule has 0 fully saturated rings. The summed E-state index contributed by atoms with van der Waals surface area (Å²) in [5.41, 5.74) is -0.337.